The molecule has 0 aliphatic heterocycles. The first kappa shape index (κ1) is 13.6. The molecule has 20 heavy (non-hydrogen) atoms. The number of benzene rings is 2. The first-order chi connectivity index (χ1) is 9.76. The zero-order valence-electron chi connectivity index (χ0n) is 11.1. The van der Waals surface area contributed by atoms with E-state index in [4.69, 9.17) is 10.6 Å². The number of nitrogens with one attached hydrogen (secondary N) is 1. The van der Waals surface area contributed by atoms with Crippen molar-refractivity contribution in [2.75, 3.05) is 0 Å². The fourth-order valence-corrected chi connectivity index (χ4v) is 2.45. The Bertz CT molecular complexity index is 581. The van der Waals surface area contributed by atoms with E-state index in [0.29, 0.717) is 6.10 Å². The predicted octanol–water partition coefficient (Wildman–Crippen LogP) is 3.54. The van der Waals surface area contributed by atoms with Gasteiger partial charge in [0.25, 0.3) is 0 Å². The molecule has 104 valence electrons. The second kappa shape index (κ2) is 5.95. The minimum Gasteiger partial charge on any atom is -0.490 e. The summed E-state index contributed by atoms with van der Waals surface area (Å²) in [4.78, 5) is 0. The largest absolute Gasteiger partial charge is 0.490 e. The molecule has 1 aliphatic carbocycles. The Hall–Kier alpha value is -1.36. The Morgan fingerprint density at radius 3 is 2.50 bits per heavy atom. The van der Waals surface area contributed by atoms with Crippen LogP contribution in [-0.2, 0) is 0 Å². The van der Waals surface area contributed by atoms with Crippen molar-refractivity contribution in [3.63, 3.8) is 0 Å². The predicted molar refractivity (Wildman–Crippen MR) is 83.4 cm³/mol. The fourth-order valence-electron chi connectivity index (χ4n) is 2.19. The van der Waals surface area contributed by atoms with Crippen LogP contribution in [0, 0.1) is 0 Å². The van der Waals surface area contributed by atoms with Crippen molar-refractivity contribution in [1.29, 1.82) is 0 Å². The van der Waals surface area contributed by atoms with Gasteiger partial charge >= 0.3 is 0 Å². The van der Waals surface area contributed by atoms with Crippen LogP contribution in [0.15, 0.2) is 53.0 Å². The molecule has 3 nitrogen and oxygen atoms in total. The van der Waals surface area contributed by atoms with Crippen LogP contribution in [0.5, 0.6) is 5.75 Å². The van der Waals surface area contributed by atoms with Crippen LogP contribution in [-0.4, -0.2) is 6.10 Å². The van der Waals surface area contributed by atoms with Crippen molar-refractivity contribution < 1.29 is 4.74 Å². The molecule has 2 aromatic rings. The van der Waals surface area contributed by atoms with Gasteiger partial charge in [-0.2, -0.15) is 0 Å². The Kier molecular flexibility index (Phi) is 4.05. The standard InChI is InChI=1S/C16H17BrN2O/c17-13-6-4-11(5-7-13)16(19-18)12-2-1-3-15(10-12)20-14-8-9-14/h1-7,10,14,16,19H,8-9,18H2. The van der Waals surface area contributed by atoms with E-state index >= 15 is 0 Å². The van der Waals surface area contributed by atoms with Gasteiger partial charge in [0, 0.05) is 4.47 Å². The summed E-state index contributed by atoms with van der Waals surface area (Å²) in [6, 6.07) is 16.2. The average Bonchev–Trinajstić information content (AvgIpc) is 3.26. The highest BCUT2D eigenvalue weighted by atomic mass is 79.9. The Labute approximate surface area is 127 Å². The molecule has 0 saturated heterocycles. The first-order valence-electron chi connectivity index (χ1n) is 6.74. The molecule has 0 spiro atoms. The van der Waals surface area contributed by atoms with Gasteiger partial charge in [-0.05, 0) is 48.2 Å². The maximum atomic E-state index is 5.84. The number of ether oxygens (including phenoxy) is 1. The summed E-state index contributed by atoms with van der Waals surface area (Å²) in [5.74, 6) is 6.65. The SMILES string of the molecule is NNC(c1ccc(Br)cc1)c1cccc(OC2CC2)c1. The van der Waals surface area contributed by atoms with Gasteiger partial charge < -0.3 is 4.74 Å². The summed E-state index contributed by atoms with van der Waals surface area (Å²) in [6.07, 6.45) is 2.73. The van der Waals surface area contributed by atoms with Gasteiger partial charge in [-0.25, -0.2) is 5.43 Å². The molecular weight excluding hydrogens is 316 g/mol. The number of rotatable bonds is 5. The molecule has 0 aromatic heterocycles. The average molecular weight is 333 g/mol. The molecule has 1 saturated carbocycles. The van der Waals surface area contributed by atoms with Crippen molar-refractivity contribution in [1.82, 2.24) is 5.43 Å². The molecule has 1 aliphatic rings. The summed E-state index contributed by atoms with van der Waals surface area (Å²) in [5, 5.41) is 0. The van der Waals surface area contributed by atoms with Crippen LogP contribution < -0.4 is 16.0 Å². The number of hydrogen-bond donors (Lipinski definition) is 2. The van der Waals surface area contributed by atoms with Crippen molar-refractivity contribution in [3.05, 3.63) is 64.1 Å². The Morgan fingerprint density at radius 1 is 1.10 bits per heavy atom. The highest BCUT2D eigenvalue weighted by Gasteiger charge is 2.23. The molecule has 1 fully saturated rings. The lowest BCUT2D eigenvalue weighted by Gasteiger charge is -2.18. The molecule has 2 aromatic carbocycles. The monoisotopic (exact) mass is 332 g/mol. The van der Waals surface area contributed by atoms with Gasteiger partial charge in [0.05, 0.1) is 12.1 Å². The molecule has 0 amide bonds. The van der Waals surface area contributed by atoms with E-state index in [9.17, 15) is 0 Å². The third-order valence-electron chi connectivity index (χ3n) is 3.39. The minimum absolute atomic E-state index is 0.0362. The molecule has 3 rings (SSSR count). The highest BCUT2D eigenvalue weighted by Crippen LogP contribution is 2.30. The minimum atomic E-state index is -0.0362. The summed E-state index contributed by atoms with van der Waals surface area (Å²) in [7, 11) is 0. The second-order valence-electron chi connectivity index (χ2n) is 5.04. The Morgan fingerprint density at radius 2 is 1.85 bits per heavy atom. The molecule has 1 atom stereocenters. The third kappa shape index (κ3) is 3.20. The maximum absolute atomic E-state index is 5.84. The molecule has 1 unspecified atom stereocenters. The third-order valence-corrected chi connectivity index (χ3v) is 3.92. The van der Waals surface area contributed by atoms with E-state index in [2.05, 4.69) is 45.6 Å². The van der Waals surface area contributed by atoms with E-state index in [1.807, 2.05) is 24.3 Å². The quantitative estimate of drug-likeness (QED) is 0.650. The van der Waals surface area contributed by atoms with Gasteiger partial charge in [-0.15, -0.1) is 0 Å². The summed E-state index contributed by atoms with van der Waals surface area (Å²) < 4.78 is 6.90. The van der Waals surface area contributed by atoms with Crippen LogP contribution in [0.25, 0.3) is 0 Å². The van der Waals surface area contributed by atoms with E-state index in [1.54, 1.807) is 0 Å². The molecule has 0 heterocycles. The van der Waals surface area contributed by atoms with Crippen molar-refractivity contribution >= 4 is 15.9 Å². The van der Waals surface area contributed by atoms with Crippen molar-refractivity contribution in [2.45, 2.75) is 25.0 Å². The summed E-state index contributed by atoms with van der Waals surface area (Å²) in [6.45, 7) is 0. The number of hydrogen-bond acceptors (Lipinski definition) is 3. The summed E-state index contributed by atoms with van der Waals surface area (Å²) in [5.41, 5.74) is 5.11. The van der Waals surface area contributed by atoms with Crippen LogP contribution in [0.3, 0.4) is 0 Å². The lowest BCUT2D eigenvalue weighted by molar-refractivity contribution is 0.302. The molecule has 4 heteroatoms. The maximum Gasteiger partial charge on any atom is 0.120 e. The van der Waals surface area contributed by atoms with E-state index in [-0.39, 0.29) is 6.04 Å². The highest BCUT2D eigenvalue weighted by molar-refractivity contribution is 9.10. The van der Waals surface area contributed by atoms with Crippen molar-refractivity contribution in [3.8, 4) is 5.75 Å². The van der Waals surface area contributed by atoms with Gasteiger partial charge in [0.1, 0.15) is 5.75 Å². The molecule has 0 radical (unpaired) electrons. The van der Waals surface area contributed by atoms with Gasteiger partial charge in [-0.1, -0.05) is 40.2 Å². The van der Waals surface area contributed by atoms with E-state index in [1.165, 1.54) is 0 Å². The van der Waals surface area contributed by atoms with Crippen LogP contribution in [0.4, 0.5) is 0 Å². The van der Waals surface area contributed by atoms with E-state index < -0.39 is 0 Å². The summed E-state index contributed by atoms with van der Waals surface area (Å²) >= 11 is 3.45. The number of halogens is 1. The second-order valence-corrected chi connectivity index (χ2v) is 5.96. The van der Waals surface area contributed by atoms with Gasteiger partial charge in [-0.3, -0.25) is 5.84 Å². The van der Waals surface area contributed by atoms with E-state index in [0.717, 1.165) is 34.2 Å². The first-order valence-corrected chi connectivity index (χ1v) is 7.54. The van der Waals surface area contributed by atoms with Gasteiger partial charge in [0.15, 0.2) is 0 Å². The normalized spacial score (nSPS) is 15.9. The van der Waals surface area contributed by atoms with Crippen LogP contribution in [0.2, 0.25) is 0 Å². The topological polar surface area (TPSA) is 47.3 Å². The number of nitrogens with two attached hydrogens (primary N) is 1. The lowest BCUT2D eigenvalue weighted by Crippen LogP contribution is -2.28. The lowest BCUT2D eigenvalue weighted by atomic mass is 9.99. The van der Waals surface area contributed by atoms with Crippen LogP contribution in [0.1, 0.15) is 30.0 Å². The van der Waals surface area contributed by atoms with Crippen LogP contribution >= 0.6 is 15.9 Å². The number of hydrazine groups is 1. The molecule has 0 bridgehead atoms. The van der Waals surface area contributed by atoms with Gasteiger partial charge in [0.2, 0.25) is 0 Å². The zero-order chi connectivity index (χ0) is 13.9. The van der Waals surface area contributed by atoms with Crippen molar-refractivity contribution in [2.24, 2.45) is 5.84 Å². The Balaban J connectivity index is 1.85. The fraction of sp³-hybridized carbons (Fsp3) is 0.250. The smallest absolute Gasteiger partial charge is 0.120 e. The zero-order valence-corrected chi connectivity index (χ0v) is 12.6. The molecular formula is C16H17BrN2O. The molecule has 3 N–H and O–H groups in total.